The molecule has 84 valence electrons. The van der Waals surface area contributed by atoms with Crippen molar-refractivity contribution < 1.29 is 10.3 Å². The summed E-state index contributed by atoms with van der Waals surface area (Å²) in [6, 6.07) is 8.01. The van der Waals surface area contributed by atoms with Crippen molar-refractivity contribution in [2.24, 2.45) is 0 Å². The predicted octanol–water partition coefficient (Wildman–Crippen LogP) is 0.596. The molecule has 2 rings (SSSR count). The maximum absolute atomic E-state index is 5.44. The lowest BCUT2D eigenvalue weighted by molar-refractivity contribution is -0.419. The third kappa shape index (κ3) is 2.32. The molecule has 5 heteroatoms. The molecule has 1 aromatic carbocycles. The Labute approximate surface area is 98.8 Å². The molecule has 0 aliphatic carbocycles. The van der Waals surface area contributed by atoms with Crippen molar-refractivity contribution in [3.05, 3.63) is 36.1 Å². The summed E-state index contributed by atoms with van der Waals surface area (Å²) in [6.45, 7) is 0.769. The molecule has 0 saturated carbocycles. The van der Waals surface area contributed by atoms with E-state index < -0.39 is 0 Å². The van der Waals surface area contributed by atoms with Crippen LogP contribution in [0.2, 0.25) is 0 Å². The van der Waals surface area contributed by atoms with Crippen LogP contribution in [0, 0.1) is 0 Å². The average molecular weight is 236 g/mol. The van der Waals surface area contributed by atoms with Crippen LogP contribution >= 0.6 is 12.2 Å². The van der Waals surface area contributed by atoms with Gasteiger partial charge in [0.1, 0.15) is 5.58 Å². The summed E-state index contributed by atoms with van der Waals surface area (Å²) in [5, 5.41) is 4.78. The second-order valence-corrected chi connectivity index (χ2v) is 3.85. The van der Waals surface area contributed by atoms with Crippen LogP contribution in [0.25, 0.3) is 11.0 Å². The topological polar surface area (TPSA) is 64.8 Å². The molecule has 5 N–H and O–H groups in total. The number of para-hydroxylation sites is 1. The van der Waals surface area contributed by atoms with Crippen LogP contribution in [-0.2, 0) is 6.42 Å². The number of hydrogen-bond donors (Lipinski definition) is 3. The van der Waals surface area contributed by atoms with E-state index in [0.717, 1.165) is 23.9 Å². The summed E-state index contributed by atoms with van der Waals surface area (Å²) in [5.74, 6) is 3.48. The smallest absolute Gasteiger partial charge is 0.213 e. The molecule has 0 fully saturated rings. The van der Waals surface area contributed by atoms with Crippen molar-refractivity contribution in [1.82, 2.24) is 10.7 Å². The number of quaternary nitrogens is 1. The van der Waals surface area contributed by atoms with Gasteiger partial charge in [0.25, 0.3) is 0 Å². The molecule has 0 unspecified atom stereocenters. The summed E-state index contributed by atoms with van der Waals surface area (Å²) >= 11 is 4.94. The molecule has 4 nitrogen and oxygen atoms in total. The fourth-order valence-electron chi connectivity index (χ4n) is 1.60. The van der Waals surface area contributed by atoms with Gasteiger partial charge in [0, 0.05) is 11.9 Å². The van der Waals surface area contributed by atoms with Gasteiger partial charge in [0.2, 0.25) is 5.11 Å². The van der Waals surface area contributed by atoms with Crippen LogP contribution in [0.5, 0.6) is 0 Å². The maximum Gasteiger partial charge on any atom is 0.213 e. The summed E-state index contributed by atoms with van der Waals surface area (Å²) < 4.78 is 5.44. The lowest BCUT2D eigenvalue weighted by Gasteiger charge is -2.03. The van der Waals surface area contributed by atoms with Gasteiger partial charge in [-0.3, -0.25) is 5.84 Å². The molecule has 0 aliphatic heterocycles. The van der Waals surface area contributed by atoms with Crippen LogP contribution in [0.3, 0.4) is 0 Å². The highest BCUT2D eigenvalue weighted by Gasteiger charge is 2.04. The largest absolute Gasteiger partial charge is 0.464 e. The average Bonchev–Trinajstić information content (AvgIpc) is 2.73. The monoisotopic (exact) mass is 236 g/mol. The number of nitrogens with one attached hydrogen (secondary N) is 2. The normalized spacial score (nSPS) is 10.3. The Balaban J connectivity index is 2.02. The van der Waals surface area contributed by atoms with Gasteiger partial charge in [-0.15, -0.1) is 0 Å². The van der Waals surface area contributed by atoms with Gasteiger partial charge in [-0.2, -0.15) is 0 Å². The standard InChI is InChI=1S/C11H13N3OS/c12-14-11(16)13-6-5-8-7-15-10-4-2-1-3-9(8)10/h1-4,7H,5-6,12H2,(H2,13,14,16)/p+1. The first kappa shape index (κ1) is 10.9. The van der Waals surface area contributed by atoms with Gasteiger partial charge >= 0.3 is 0 Å². The lowest BCUT2D eigenvalue weighted by Crippen LogP contribution is -2.69. The molecule has 1 aromatic heterocycles. The number of benzene rings is 1. The zero-order valence-corrected chi connectivity index (χ0v) is 9.64. The minimum Gasteiger partial charge on any atom is -0.464 e. The van der Waals surface area contributed by atoms with Crippen molar-refractivity contribution in [3.8, 4) is 0 Å². The quantitative estimate of drug-likeness (QED) is 0.539. The lowest BCUT2D eigenvalue weighted by atomic mass is 10.1. The minimum atomic E-state index is 0.563. The van der Waals surface area contributed by atoms with Crippen LogP contribution in [0.4, 0.5) is 0 Å². The van der Waals surface area contributed by atoms with Crippen molar-refractivity contribution in [2.45, 2.75) is 6.42 Å². The van der Waals surface area contributed by atoms with Crippen molar-refractivity contribution >= 4 is 28.3 Å². The number of rotatable bonds is 3. The minimum absolute atomic E-state index is 0.563. The molecule has 0 atom stereocenters. The zero-order valence-electron chi connectivity index (χ0n) is 8.82. The second kappa shape index (κ2) is 4.96. The van der Waals surface area contributed by atoms with Crippen molar-refractivity contribution in [1.29, 1.82) is 0 Å². The molecule has 0 radical (unpaired) electrons. The van der Waals surface area contributed by atoms with E-state index in [0.29, 0.717) is 5.11 Å². The first-order valence-corrected chi connectivity index (χ1v) is 5.48. The Kier molecular flexibility index (Phi) is 3.38. The summed E-state index contributed by atoms with van der Waals surface area (Å²) in [5.41, 5.74) is 4.75. The molecular formula is C11H14N3OS+. The Bertz CT molecular complexity index is 495. The van der Waals surface area contributed by atoms with Gasteiger partial charge in [-0.05, 0) is 30.3 Å². The Morgan fingerprint density at radius 2 is 2.19 bits per heavy atom. The van der Waals surface area contributed by atoms with Crippen LogP contribution < -0.4 is 16.6 Å². The molecule has 1 heterocycles. The Hall–Kier alpha value is -1.59. The molecular weight excluding hydrogens is 222 g/mol. The number of fused-ring (bicyclic) bond motifs is 1. The summed E-state index contributed by atoms with van der Waals surface area (Å²) in [7, 11) is 0. The van der Waals surface area contributed by atoms with Gasteiger partial charge in [0.05, 0.1) is 6.26 Å². The van der Waals surface area contributed by atoms with E-state index in [1.165, 1.54) is 5.56 Å². The molecule has 2 aromatic rings. The Morgan fingerprint density at radius 3 is 3.00 bits per heavy atom. The molecule has 0 spiro atoms. The van der Waals surface area contributed by atoms with Gasteiger partial charge < -0.3 is 9.73 Å². The highest BCUT2D eigenvalue weighted by Crippen LogP contribution is 2.20. The van der Waals surface area contributed by atoms with E-state index in [1.807, 2.05) is 18.2 Å². The summed E-state index contributed by atoms with van der Waals surface area (Å²) in [6.07, 6.45) is 2.67. The molecule has 0 aliphatic rings. The van der Waals surface area contributed by atoms with Crippen molar-refractivity contribution in [2.75, 3.05) is 6.54 Å². The number of furan rings is 1. The maximum atomic E-state index is 5.44. The van der Waals surface area contributed by atoms with Crippen LogP contribution in [0.15, 0.2) is 34.9 Å². The fraction of sp³-hybridized carbons (Fsp3) is 0.182. The molecule has 0 amide bonds. The fourth-order valence-corrected chi connectivity index (χ4v) is 1.70. The Morgan fingerprint density at radius 1 is 1.38 bits per heavy atom. The van der Waals surface area contributed by atoms with Gasteiger partial charge in [-0.25, -0.2) is 5.43 Å². The first-order valence-electron chi connectivity index (χ1n) is 5.07. The van der Waals surface area contributed by atoms with Crippen LogP contribution in [-0.4, -0.2) is 11.7 Å². The van der Waals surface area contributed by atoms with E-state index in [2.05, 4.69) is 22.7 Å². The van der Waals surface area contributed by atoms with E-state index >= 15 is 0 Å². The zero-order chi connectivity index (χ0) is 11.4. The van der Waals surface area contributed by atoms with E-state index in [-0.39, 0.29) is 0 Å². The van der Waals surface area contributed by atoms with Gasteiger partial charge in [-0.1, -0.05) is 18.2 Å². The highest BCUT2D eigenvalue weighted by molar-refractivity contribution is 7.80. The predicted molar refractivity (Wildman–Crippen MR) is 66.5 cm³/mol. The molecule has 0 bridgehead atoms. The third-order valence-corrected chi connectivity index (χ3v) is 2.69. The van der Waals surface area contributed by atoms with E-state index in [1.54, 1.807) is 6.26 Å². The van der Waals surface area contributed by atoms with Gasteiger partial charge in [0.15, 0.2) is 0 Å². The van der Waals surface area contributed by atoms with E-state index in [9.17, 15) is 0 Å². The molecule has 0 saturated heterocycles. The van der Waals surface area contributed by atoms with Crippen LogP contribution in [0.1, 0.15) is 5.56 Å². The number of thiocarbonyl (C=S) groups is 1. The first-order chi connectivity index (χ1) is 7.81. The molecule has 16 heavy (non-hydrogen) atoms. The third-order valence-electron chi connectivity index (χ3n) is 2.40. The van der Waals surface area contributed by atoms with Crippen molar-refractivity contribution in [3.63, 3.8) is 0 Å². The summed E-state index contributed by atoms with van der Waals surface area (Å²) in [4.78, 5) is 0. The number of hydrogen-bond acceptors (Lipinski definition) is 2. The SMILES string of the molecule is [NH3+]NC(=S)NCCc1coc2ccccc12. The highest BCUT2D eigenvalue weighted by atomic mass is 32.1. The van der Waals surface area contributed by atoms with E-state index in [4.69, 9.17) is 16.6 Å². The second-order valence-electron chi connectivity index (χ2n) is 3.44.